The van der Waals surface area contributed by atoms with E-state index in [4.69, 9.17) is 21.7 Å². The Balaban J connectivity index is 1.53. The van der Waals surface area contributed by atoms with Crippen LogP contribution in [0.4, 0.5) is 13.2 Å². The number of aromatic nitrogens is 3. The van der Waals surface area contributed by atoms with Gasteiger partial charge in [0.2, 0.25) is 5.91 Å². The Hall–Kier alpha value is -3.38. The number of amides is 1. The van der Waals surface area contributed by atoms with Crippen LogP contribution < -0.4 is 14.8 Å². The second-order valence-corrected chi connectivity index (χ2v) is 7.35. The minimum atomic E-state index is -4.50. The van der Waals surface area contributed by atoms with Gasteiger partial charge in [-0.15, -0.1) is 0 Å². The minimum Gasteiger partial charge on any atom is -0.497 e. The maximum atomic E-state index is 12.8. The Kier molecular flexibility index (Phi) is 7.71. The van der Waals surface area contributed by atoms with Gasteiger partial charge in [0.15, 0.2) is 10.6 Å². The number of benzene rings is 2. The van der Waals surface area contributed by atoms with Crippen LogP contribution in [0.2, 0.25) is 0 Å². The smallest absolute Gasteiger partial charge is 0.416 e. The number of halogens is 3. The van der Waals surface area contributed by atoms with Crippen LogP contribution in [0.3, 0.4) is 0 Å². The zero-order chi connectivity index (χ0) is 24.0. The highest BCUT2D eigenvalue weighted by Gasteiger charge is 2.30. The van der Waals surface area contributed by atoms with Crippen molar-refractivity contribution in [2.24, 2.45) is 0 Å². The van der Waals surface area contributed by atoms with E-state index in [-0.39, 0.29) is 30.2 Å². The molecule has 0 aliphatic carbocycles. The van der Waals surface area contributed by atoms with Crippen molar-refractivity contribution in [2.45, 2.75) is 18.8 Å². The van der Waals surface area contributed by atoms with Gasteiger partial charge in [0.1, 0.15) is 30.8 Å². The van der Waals surface area contributed by atoms with E-state index < -0.39 is 23.8 Å². The molecule has 0 fully saturated rings. The number of rotatable bonds is 9. The number of hydrogen-bond acceptors (Lipinski definition) is 6. The first kappa shape index (κ1) is 24.3. The molecule has 1 amide bonds. The van der Waals surface area contributed by atoms with Crippen molar-refractivity contribution in [3.05, 3.63) is 58.9 Å². The van der Waals surface area contributed by atoms with E-state index in [1.54, 1.807) is 31.4 Å². The Labute approximate surface area is 192 Å². The molecule has 3 N–H and O–H groups in total. The molecule has 0 aliphatic heterocycles. The summed E-state index contributed by atoms with van der Waals surface area (Å²) in [6.45, 7) is -0.622. The van der Waals surface area contributed by atoms with Gasteiger partial charge < -0.3 is 19.9 Å². The topological polar surface area (TPSA) is 101 Å². The molecule has 0 saturated carbocycles. The summed E-state index contributed by atoms with van der Waals surface area (Å²) < 4.78 is 50.3. The van der Waals surface area contributed by atoms with Crippen LogP contribution in [0.25, 0.3) is 11.4 Å². The molecule has 1 unspecified atom stereocenters. The molecule has 1 atom stereocenters. The largest absolute Gasteiger partial charge is 0.497 e. The molecular formula is C21H21F3N4O4S. The predicted molar refractivity (Wildman–Crippen MR) is 115 cm³/mol. The second kappa shape index (κ2) is 10.5. The number of ether oxygens (including phenoxy) is 2. The molecule has 1 heterocycles. The number of carbonyl (C=O) groups excluding carboxylic acids is 1. The van der Waals surface area contributed by atoms with Gasteiger partial charge in [-0.1, -0.05) is 6.07 Å². The van der Waals surface area contributed by atoms with Crippen LogP contribution >= 0.6 is 12.2 Å². The van der Waals surface area contributed by atoms with E-state index in [9.17, 15) is 23.1 Å². The highest BCUT2D eigenvalue weighted by atomic mass is 32.1. The summed E-state index contributed by atoms with van der Waals surface area (Å²) in [6, 6.07) is 11.4. The number of carbonyl (C=O) groups is 1. The molecular weight excluding hydrogens is 461 g/mol. The lowest BCUT2D eigenvalue weighted by molar-refractivity contribution is -0.137. The molecule has 0 spiro atoms. The summed E-state index contributed by atoms with van der Waals surface area (Å²) in [5.41, 5.74) is -0.141. The van der Waals surface area contributed by atoms with Gasteiger partial charge in [-0.25, -0.2) is 0 Å². The molecule has 33 heavy (non-hydrogen) atoms. The van der Waals surface area contributed by atoms with E-state index >= 15 is 0 Å². The second-order valence-electron chi connectivity index (χ2n) is 6.96. The number of aliphatic hydroxyl groups excluding tert-OH is 1. The van der Waals surface area contributed by atoms with Crippen LogP contribution in [0.15, 0.2) is 48.5 Å². The van der Waals surface area contributed by atoms with Crippen LogP contribution in [0, 0.1) is 4.77 Å². The summed E-state index contributed by atoms with van der Waals surface area (Å²) >= 11 is 5.20. The van der Waals surface area contributed by atoms with Crippen LogP contribution in [-0.4, -0.2) is 52.1 Å². The Morgan fingerprint density at radius 2 is 1.97 bits per heavy atom. The normalized spacial score (nSPS) is 12.3. The van der Waals surface area contributed by atoms with Crippen molar-refractivity contribution in [2.75, 3.05) is 20.3 Å². The van der Waals surface area contributed by atoms with Gasteiger partial charge >= 0.3 is 6.18 Å². The van der Waals surface area contributed by atoms with E-state index in [2.05, 4.69) is 15.5 Å². The van der Waals surface area contributed by atoms with Gasteiger partial charge in [0.25, 0.3) is 0 Å². The van der Waals surface area contributed by atoms with E-state index in [0.717, 1.165) is 12.1 Å². The SMILES string of the molecule is COc1ccc(-c2n[nH]c(=S)n2CC(=O)NCC(O)COc2cccc(C(F)(F)F)c2)cc1. The van der Waals surface area contributed by atoms with E-state index in [1.807, 2.05) is 0 Å². The highest BCUT2D eigenvalue weighted by Crippen LogP contribution is 2.31. The fraction of sp³-hybridized carbons (Fsp3) is 0.286. The number of H-pyrrole nitrogens is 1. The molecule has 176 valence electrons. The summed E-state index contributed by atoms with van der Waals surface area (Å²) in [5.74, 6) is 0.633. The lowest BCUT2D eigenvalue weighted by Crippen LogP contribution is -2.37. The molecule has 3 rings (SSSR count). The average Bonchev–Trinajstić information content (AvgIpc) is 3.16. The first-order chi connectivity index (χ1) is 15.7. The first-order valence-corrected chi connectivity index (χ1v) is 10.1. The number of nitrogens with zero attached hydrogens (tertiary/aromatic N) is 2. The molecule has 0 aliphatic rings. The number of aliphatic hydroxyl groups is 1. The van der Waals surface area contributed by atoms with Crippen molar-refractivity contribution in [3.8, 4) is 22.9 Å². The van der Waals surface area contributed by atoms with Gasteiger partial charge in [0, 0.05) is 12.1 Å². The van der Waals surface area contributed by atoms with Gasteiger partial charge in [-0.3, -0.25) is 14.5 Å². The van der Waals surface area contributed by atoms with E-state index in [0.29, 0.717) is 17.1 Å². The molecule has 0 bridgehead atoms. The third kappa shape index (κ3) is 6.56. The van der Waals surface area contributed by atoms with Crippen LogP contribution in [-0.2, 0) is 17.5 Å². The number of hydrogen-bond donors (Lipinski definition) is 3. The van der Waals surface area contributed by atoms with Gasteiger partial charge in [-0.05, 0) is 54.7 Å². The molecule has 0 saturated heterocycles. The van der Waals surface area contributed by atoms with Crippen molar-refractivity contribution in [1.82, 2.24) is 20.1 Å². The fourth-order valence-electron chi connectivity index (χ4n) is 2.87. The monoisotopic (exact) mass is 482 g/mol. The van der Waals surface area contributed by atoms with Crippen molar-refractivity contribution < 1.29 is 32.5 Å². The zero-order valence-electron chi connectivity index (χ0n) is 17.4. The molecule has 1 aromatic heterocycles. The van der Waals surface area contributed by atoms with Crippen molar-refractivity contribution in [3.63, 3.8) is 0 Å². The molecule has 2 aromatic carbocycles. The summed E-state index contributed by atoms with van der Waals surface area (Å²) in [7, 11) is 1.55. The van der Waals surface area contributed by atoms with Crippen molar-refractivity contribution >= 4 is 18.1 Å². The number of alkyl halides is 3. The predicted octanol–water partition coefficient (Wildman–Crippen LogP) is 3.19. The maximum absolute atomic E-state index is 12.8. The Morgan fingerprint density at radius 1 is 1.24 bits per heavy atom. The molecule has 12 heteroatoms. The third-order valence-corrected chi connectivity index (χ3v) is 4.86. The van der Waals surface area contributed by atoms with Crippen LogP contribution in [0.1, 0.15) is 5.56 Å². The number of aromatic amines is 1. The summed E-state index contributed by atoms with van der Waals surface area (Å²) in [6.07, 6.45) is -5.63. The molecule has 8 nitrogen and oxygen atoms in total. The maximum Gasteiger partial charge on any atom is 0.416 e. The fourth-order valence-corrected chi connectivity index (χ4v) is 3.07. The molecule has 0 radical (unpaired) electrons. The number of methoxy groups -OCH3 is 1. The van der Waals surface area contributed by atoms with Crippen LogP contribution in [0.5, 0.6) is 11.5 Å². The Morgan fingerprint density at radius 3 is 2.64 bits per heavy atom. The zero-order valence-corrected chi connectivity index (χ0v) is 18.2. The Bertz CT molecular complexity index is 1150. The lowest BCUT2D eigenvalue weighted by Gasteiger charge is -2.15. The van der Waals surface area contributed by atoms with E-state index in [1.165, 1.54) is 16.7 Å². The standard InChI is InChI=1S/C21H21F3N4O4S/c1-31-16-7-5-13(6-8-16)19-26-27-20(33)28(19)11-18(30)25-10-15(29)12-32-17-4-2-3-14(9-17)21(22,23)24/h2-9,15,29H,10-12H2,1H3,(H,25,30)(H,27,33). The average molecular weight is 482 g/mol. The third-order valence-electron chi connectivity index (χ3n) is 4.55. The highest BCUT2D eigenvalue weighted by molar-refractivity contribution is 7.71. The lowest BCUT2D eigenvalue weighted by atomic mass is 10.2. The van der Waals surface area contributed by atoms with Gasteiger partial charge in [0.05, 0.1) is 12.7 Å². The number of nitrogens with one attached hydrogen (secondary N) is 2. The summed E-state index contributed by atoms with van der Waals surface area (Å²) in [4.78, 5) is 12.4. The first-order valence-electron chi connectivity index (χ1n) is 9.72. The van der Waals surface area contributed by atoms with Crippen molar-refractivity contribution in [1.29, 1.82) is 0 Å². The van der Waals surface area contributed by atoms with Gasteiger partial charge in [-0.2, -0.15) is 18.3 Å². The minimum absolute atomic E-state index is 0.0379. The summed E-state index contributed by atoms with van der Waals surface area (Å²) in [5, 5.41) is 19.4. The molecule has 3 aromatic rings. The quantitative estimate of drug-likeness (QED) is 0.405.